The Kier molecular flexibility index (Phi) is 5.29. The van der Waals surface area contributed by atoms with Crippen molar-refractivity contribution < 1.29 is 18.6 Å². The fourth-order valence-corrected chi connectivity index (χ4v) is 3.48. The van der Waals surface area contributed by atoms with Crippen molar-refractivity contribution in [3.8, 4) is 17.1 Å². The molecule has 8 nitrogen and oxygen atoms in total. The maximum atomic E-state index is 14.4. The molecule has 1 saturated heterocycles. The minimum Gasteiger partial charge on any atom is -0.495 e. The minimum atomic E-state index is -1.26. The number of alkyl halides is 1. The van der Waals surface area contributed by atoms with Gasteiger partial charge in [-0.15, -0.1) is 0 Å². The summed E-state index contributed by atoms with van der Waals surface area (Å²) in [6.45, 7) is 4.18. The van der Waals surface area contributed by atoms with Crippen LogP contribution in [0.5, 0.6) is 5.75 Å². The number of ether oxygens (including phenoxy) is 1. The van der Waals surface area contributed by atoms with E-state index in [0.717, 1.165) is 0 Å². The highest BCUT2D eigenvalue weighted by molar-refractivity contribution is 5.62. The van der Waals surface area contributed by atoms with Crippen LogP contribution in [0.3, 0.4) is 0 Å². The normalized spacial score (nSPS) is 19.8. The zero-order chi connectivity index (χ0) is 21.5. The maximum Gasteiger partial charge on any atom is 0.165 e. The molecule has 4 rings (SSSR count). The molecule has 0 aromatic carbocycles. The summed E-state index contributed by atoms with van der Waals surface area (Å²) in [5.41, 5.74) is 0.458. The molecule has 0 amide bonds. The lowest BCUT2D eigenvalue weighted by Gasteiger charge is -2.28. The van der Waals surface area contributed by atoms with Gasteiger partial charge in [0.2, 0.25) is 0 Å². The molecular weight excluding hydrogens is 394 g/mol. The van der Waals surface area contributed by atoms with Crippen LogP contribution in [0.25, 0.3) is 17.0 Å². The van der Waals surface area contributed by atoms with Gasteiger partial charge in [-0.05, 0) is 38.9 Å². The van der Waals surface area contributed by atoms with Crippen LogP contribution in [0.4, 0.5) is 14.6 Å². The van der Waals surface area contributed by atoms with Crippen molar-refractivity contribution in [2.24, 2.45) is 0 Å². The molecule has 1 aliphatic heterocycles. The summed E-state index contributed by atoms with van der Waals surface area (Å²) in [4.78, 5) is 8.67. The molecular formula is C20H24F2N6O2. The maximum absolute atomic E-state index is 14.4. The third kappa shape index (κ3) is 3.80. The van der Waals surface area contributed by atoms with Crippen LogP contribution >= 0.6 is 0 Å². The second kappa shape index (κ2) is 7.77. The summed E-state index contributed by atoms with van der Waals surface area (Å²) >= 11 is 0. The Morgan fingerprint density at radius 3 is 2.87 bits per heavy atom. The Hall–Kier alpha value is -2.85. The fourth-order valence-electron chi connectivity index (χ4n) is 3.48. The van der Waals surface area contributed by atoms with Crippen LogP contribution in [0.2, 0.25) is 0 Å². The number of anilines is 1. The first kappa shape index (κ1) is 20.4. The van der Waals surface area contributed by atoms with Crippen LogP contribution in [-0.2, 0) is 5.60 Å². The van der Waals surface area contributed by atoms with Crippen LogP contribution < -0.4 is 15.4 Å². The standard InChI is InChI=1S/C20H24F2N6O2/c1-20(2,29)18-16(30-3)8-17-24-10-15(28(17)27-18)13-5-4-12(22)19(25-13)26-14-9-23-7-6-11(14)21/h4-5,8,10-11,14,23,29H,6-7,9H2,1-3H3,(H,25,26)/t11-,14-/m0/s1. The Morgan fingerprint density at radius 1 is 1.37 bits per heavy atom. The first-order valence-electron chi connectivity index (χ1n) is 9.72. The number of methoxy groups -OCH3 is 1. The molecule has 2 atom stereocenters. The highest BCUT2D eigenvalue weighted by Gasteiger charge is 2.27. The Labute approximate surface area is 172 Å². The number of halogens is 2. The highest BCUT2D eigenvalue weighted by Crippen LogP contribution is 2.30. The summed E-state index contributed by atoms with van der Waals surface area (Å²) < 4.78 is 35.4. The highest BCUT2D eigenvalue weighted by atomic mass is 19.1. The van der Waals surface area contributed by atoms with Crippen molar-refractivity contribution in [3.63, 3.8) is 0 Å². The second-order valence-corrected chi connectivity index (χ2v) is 7.82. The van der Waals surface area contributed by atoms with E-state index in [1.807, 2.05) is 0 Å². The first-order valence-corrected chi connectivity index (χ1v) is 9.72. The molecule has 1 fully saturated rings. The van der Waals surface area contributed by atoms with E-state index in [0.29, 0.717) is 48.0 Å². The summed E-state index contributed by atoms with van der Waals surface area (Å²) in [6.07, 6.45) is 0.827. The number of hydrogen-bond acceptors (Lipinski definition) is 7. The quantitative estimate of drug-likeness (QED) is 0.585. The summed E-state index contributed by atoms with van der Waals surface area (Å²) in [5.74, 6) is -0.201. The SMILES string of the molecule is COc1cc2ncc(-c3ccc(F)c(N[C@H]4CNCC[C@@H]4F)n3)n2nc1C(C)(C)O. The van der Waals surface area contributed by atoms with E-state index in [1.165, 1.54) is 23.8 Å². The number of aliphatic hydroxyl groups is 1. The second-order valence-electron chi connectivity index (χ2n) is 7.82. The number of rotatable bonds is 5. The third-order valence-electron chi connectivity index (χ3n) is 5.09. The van der Waals surface area contributed by atoms with Crippen molar-refractivity contribution in [3.05, 3.63) is 35.9 Å². The van der Waals surface area contributed by atoms with Crippen molar-refractivity contribution in [2.75, 3.05) is 25.5 Å². The Balaban J connectivity index is 1.75. The lowest BCUT2D eigenvalue weighted by molar-refractivity contribution is 0.0694. The van der Waals surface area contributed by atoms with Gasteiger partial charge in [-0.1, -0.05) is 0 Å². The van der Waals surface area contributed by atoms with Gasteiger partial charge in [0, 0.05) is 12.6 Å². The predicted octanol–water partition coefficient (Wildman–Crippen LogP) is 2.28. The van der Waals surface area contributed by atoms with Gasteiger partial charge in [-0.3, -0.25) is 0 Å². The van der Waals surface area contributed by atoms with E-state index >= 15 is 0 Å². The average molecular weight is 418 g/mol. The Morgan fingerprint density at radius 2 is 2.17 bits per heavy atom. The summed E-state index contributed by atoms with van der Waals surface area (Å²) in [6, 6.07) is 3.87. The zero-order valence-corrected chi connectivity index (χ0v) is 17.0. The molecule has 3 aromatic heterocycles. The molecule has 0 spiro atoms. The number of piperidine rings is 1. The lowest BCUT2D eigenvalue weighted by Crippen LogP contribution is -2.46. The minimum absolute atomic E-state index is 0.0324. The van der Waals surface area contributed by atoms with Gasteiger partial charge in [0.05, 0.1) is 25.0 Å². The lowest BCUT2D eigenvalue weighted by atomic mass is 10.0. The van der Waals surface area contributed by atoms with Gasteiger partial charge in [0.15, 0.2) is 17.3 Å². The van der Waals surface area contributed by atoms with Gasteiger partial charge in [0.25, 0.3) is 0 Å². The van der Waals surface area contributed by atoms with E-state index < -0.39 is 23.6 Å². The third-order valence-corrected chi connectivity index (χ3v) is 5.09. The van der Waals surface area contributed by atoms with Crippen LogP contribution in [0, 0.1) is 5.82 Å². The number of hydrogen-bond donors (Lipinski definition) is 3. The fraction of sp³-hybridized carbons (Fsp3) is 0.450. The largest absolute Gasteiger partial charge is 0.495 e. The van der Waals surface area contributed by atoms with Gasteiger partial charge in [0.1, 0.15) is 28.9 Å². The van der Waals surface area contributed by atoms with Crippen molar-refractivity contribution in [2.45, 2.75) is 38.1 Å². The molecule has 1 aliphatic rings. The molecule has 0 unspecified atom stereocenters. The molecule has 160 valence electrons. The molecule has 0 saturated carbocycles. The summed E-state index contributed by atoms with van der Waals surface area (Å²) in [5, 5.41) is 20.9. The van der Waals surface area contributed by atoms with E-state index in [9.17, 15) is 13.9 Å². The Bertz CT molecular complexity index is 1070. The van der Waals surface area contributed by atoms with Crippen LogP contribution in [0.15, 0.2) is 24.4 Å². The number of imidazole rings is 1. The van der Waals surface area contributed by atoms with Crippen molar-refractivity contribution >= 4 is 11.5 Å². The topological polar surface area (TPSA) is 96.6 Å². The van der Waals surface area contributed by atoms with Crippen LogP contribution in [-0.4, -0.2) is 57.1 Å². The van der Waals surface area contributed by atoms with E-state index in [2.05, 4.69) is 25.7 Å². The summed E-state index contributed by atoms with van der Waals surface area (Å²) in [7, 11) is 1.49. The van der Waals surface area contributed by atoms with Gasteiger partial charge >= 0.3 is 0 Å². The van der Waals surface area contributed by atoms with E-state index in [-0.39, 0.29) is 5.82 Å². The first-order chi connectivity index (χ1) is 14.3. The van der Waals surface area contributed by atoms with Gasteiger partial charge in [-0.25, -0.2) is 23.3 Å². The molecule has 30 heavy (non-hydrogen) atoms. The van der Waals surface area contributed by atoms with Crippen molar-refractivity contribution in [1.29, 1.82) is 0 Å². The zero-order valence-electron chi connectivity index (χ0n) is 17.0. The molecule has 3 aromatic rings. The number of pyridine rings is 1. The molecule has 0 bridgehead atoms. The molecule has 3 N–H and O–H groups in total. The number of nitrogens with one attached hydrogen (secondary N) is 2. The van der Waals surface area contributed by atoms with Crippen LogP contribution in [0.1, 0.15) is 26.0 Å². The van der Waals surface area contributed by atoms with Gasteiger partial charge in [-0.2, -0.15) is 5.10 Å². The van der Waals surface area contributed by atoms with Gasteiger partial charge < -0.3 is 20.5 Å². The van der Waals surface area contributed by atoms with E-state index in [1.54, 1.807) is 26.1 Å². The van der Waals surface area contributed by atoms with Crippen molar-refractivity contribution in [1.82, 2.24) is 24.9 Å². The number of fused-ring (bicyclic) bond motifs is 1. The number of nitrogens with zero attached hydrogens (tertiary/aromatic N) is 4. The smallest absolute Gasteiger partial charge is 0.165 e. The number of aromatic nitrogens is 4. The monoisotopic (exact) mass is 418 g/mol. The predicted molar refractivity (Wildman–Crippen MR) is 108 cm³/mol. The molecule has 0 radical (unpaired) electrons. The molecule has 0 aliphatic carbocycles. The molecule has 4 heterocycles. The molecule has 10 heteroatoms. The van der Waals surface area contributed by atoms with E-state index in [4.69, 9.17) is 4.74 Å². The average Bonchev–Trinajstić information content (AvgIpc) is 3.12.